The summed E-state index contributed by atoms with van der Waals surface area (Å²) in [5.74, 6) is 0.379. The largest absolute Gasteiger partial charge is 0.755 e. The summed E-state index contributed by atoms with van der Waals surface area (Å²) in [6.45, 7) is 5.97. The standard InChI is InChI=1S/C18H26N4O4S/c1-17(2)12-5-6-18(17,14(23)9-12)11-22-10-13(20-27(25)26)15(19-22)16(24)21-7-3-4-8-21/h10,12,20H,3-9,11H2,1-2H3,(H,25,26)/p-1/t12?,18-/m0/s1. The van der Waals surface area contributed by atoms with E-state index < -0.39 is 16.7 Å². The lowest BCUT2D eigenvalue weighted by Gasteiger charge is -2.36. The van der Waals surface area contributed by atoms with E-state index in [0.717, 1.165) is 25.7 Å². The number of hydrogen-bond donors (Lipinski definition) is 1. The van der Waals surface area contributed by atoms with Gasteiger partial charge in [-0.15, -0.1) is 0 Å². The number of ketones is 1. The number of aromatic nitrogens is 2. The summed E-state index contributed by atoms with van der Waals surface area (Å²) in [6.07, 6.45) is 5.86. The molecular weight excluding hydrogens is 368 g/mol. The Morgan fingerprint density at radius 2 is 2.11 bits per heavy atom. The minimum absolute atomic E-state index is 0.107. The van der Waals surface area contributed by atoms with Crippen LogP contribution in [0.3, 0.4) is 0 Å². The van der Waals surface area contributed by atoms with Gasteiger partial charge in [0.15, 0.2) is 5.69 Å². The van der Waals surface area contributed by atoms with E-state index in [2.05, 4.69) is 23.7 Å². The average molecular weight is 393 g/mol. The Bertz CT molecular complexity index is 814. The van der Waals surface area contributed by atoms with E-state index in [4.69, 9.17) is 0 Å². The maximum absolute atomic E-state index is 12.8. The minimum Gasteiger partial charge on any atom is -0.755 e. The topological polar surface area (TPSA) is 107 Å². The van der Waals surface area contributed by atoms with E-state index in [-0.39, 0.29) is 28.5 Å². The van der Waals surface area contributed by atoms with Crippen LogP contribution < -0.4 is 4.72 Å². The van der Waals surface area contributed by atoms with Crippen molar-refractivity contribution >= 4 is 28.6 Å². The highest BCUT2D eigenvalue weighted by atomic mass is 32.2. The molecule has 27 heavy (non-hydrogen) atoms. The van der Waals surface area contributed by atoms with Crippen LogP contribution in [0.15, 0.2) is 6.20 Å². The molecule has 1 aromatic heterocycles. The molecule has 0 aromatic carbocycles. The number of Topliss-reactive ketones (excluding diaryl/α,β-unsaturated/α-hetero) is 1. The first-order chi connectivity index (χ1) is 12.7. The van der Waals surface area contributed by atoms with Crippen LogP contribution >= 0.6 is 0 Å². The zero-order valence-electron chi connectivity index (χ0n) is 15.7. The fourth-order valence-corrected chi connectivity index (χ4v) is 5.64. The number of likely N-dealkylation sites (tertiary alicyclic amines) is 1. The predicted octanol–water partition coefficient (Wildman–Crippen LogP) is 1.72. The molecule has 2 heterocycles. The van der Waals surface area contributed by atoms with Crippen molar-refractivity contribution in [3.05, 3.63) is 11.9 Å². The van der Waals surface area contributed by atoms with Crippen LogP contribution in [0.1, 0.15) is 56.4 Å². The molecule has 8 nitrogen and oxygen atoms in total. The summed E-state index contributed by atoms with van der Waals surface area (Å²) in [5, 5.41) is 4.42. The lowest BCUT2D eigenvalue weighted by atomic mass is 9.69. The van der Waals surface area contributed by atoms with Gasteiger partial charge in [-0.05, 0) is 37.0 Å². The van der Waals surface area contributed by atoms with Crippen molar-refractivity contribution < 1.29 is 18.4 Å². The zero-order valence-corrected chi connectivity index (χ0v) is 16.5. The molecule has 1 saturated heterocycles. The molecule has 148 valence electrons. The summed E-state index contributed by atoms with van der Waals surface area (Å²) in [6, 6.07) is 0. The highest BCUT2D eigenvalue weighted by molar-refractivity contribution is 7.80. The van der Waals surface area contributed by atoms with Crippen LogP contribution in [-0.4, -0.2) is 48.2 Å². The van der Waals surface area contributed by atoms with Crippen molar-refractivity contribution in [1.82, 2.24) is 14.7 Å². The molecule has 2 bridgehead atoms. The van der Waals surface area contributed by atoms with Gasteiger partial charge < -0.3 is 14.2 Å². The second-order valence-corrected chi connectivity index (χ2v) is 9.27. The maximum atomic E-state index is 12.8. The Kier molecular flexibility index (Phi) is 4.42. The number of nitrogens with one attached hydrogen (secondary N) is 1. The number of rotatable bonds is 5. The van der Waals surface area contributed by atoms with Gasteiger partial charge in [0.1, 0.15) is 5.78 Å². The first-order valence-electron chi connectivity index (χ1n) is 9.50. The Morgan fingerprint density at radius 3 is 2.67 bits per heavy atom. The molecule has 4 rings (SSSR count). The molecule has 1 N–H and O–H groups in total. The molecular formula is C18H25N4O4S-. The molecule has 2 saturated carbocycles. The Morgan fingerprint density at radius 1 is 1.41 bits per heavy atom. The van der Waals surface area contributed by atoms with Gasteiger partial charge in [0.25, 0.3) is 5.91 Å². The monoisotopic (exact) mass is 393 g/mol. The summed E-state index contributed by atoms with van der Waals surface area (Å²) in [5.41, 5.74) is -0.333. The average Bonchev–Trinajstić information content (AvgIpc) is 3.32. The number of fused-ring (bicyclic) bond motifs is 2. The lowest BCUT2D eigenvalue weighted by molar-refractivity contribution is -0.130. The number of carbonyl (C=O) groups excluding carboxylic acids is 2. The third kappa shape index (κ3) is 2.82. The van der Waals surface area contributed by atoms with Gasteiger partial charge in [0.05, 0.1) is 17.6 Å². The van der Waals surface area contributed by atoms with Gasteiger partial charge in [0, 0.05) is 37.0 Å². The number of carbonyl (C=O) groups is 2. The predicted molar refractivity (Wildman–Crippen MR) is 98.5 cm³/mol. The maximum Gasteiger partial charge on any atom is 0.276 e. The normalized spacial score (nSPS) is 30.1. The van der Waals surface area contributed by atoms with Crippen LogP contribution in [-0.2, 0) is 22.6 Å². The summed E-state index contributed by atoms with van der Waals surface area (Å²) >= 11 is -2.55. The van der Waals surface area contributed by atoms with E-state index in [0.29, 0.717) is 32.0 Å². The van der Waals surface area contributed by atoms with Crippen molar-refractivity contribution in [3.8, 4) is 0 Å². The second-order valence-electron chi connectivity index (χ2n) is 8.59. The highest BCUT2D eigenvalue weighted by Gasteiger charge is 2.64. The van der Waals surface area contributed by atoms with Crippen molar-refractivity contribution in [2.75, 3.05) is 17.8 Å². The highest BCUT2D eigenvalue weighted by Crippen LogP contribution is 2.64. The fraction of sp³-hybridized carbons (Fsp3) is 0.722. The van der Waals surface area contributed by atoms with E-state index in [1.807, 2.05) is 0 Å². The van der Waals surface area contributed by atoms with Crippen LogP contribution in [0, 0.1) is 16.7 Å². The smallest absolute Gasteiger partial charge is 0.276 e. The Hall–Kier alpha value is -1.74. The van der Waals surface area contributed by atoms with Crippen molar-refractivity contribution in [2.45, 2.75) is 52.5 Å². The number of nitrogens with zero attached hydrogens (tertiary/aromatic N) is 3. The molecule has 9 heteroatoms. The molecule has 3 atom stereocenters. The van der Waals surface area contributed by atoms with E-state index in [9.17, 15) is 18.4 Å². The van der Waals surface area contributed by atoms with Crippen molar-refractivity contribution in [3.63, 3.8) is 0 Å². The Balaban J connectivity index is 1.66. The van der Waals surface area contributed by atoms with Gasteiger partial charge in [-0.25, -0.2) is 0 Å². The molecule has 2 aliphatic carbocycles. The van der Waals surface area contributed by atoms with Crippen molar-refractivity contribution in [1.29, 1.82) is 0 Å². The third-order valence-electron chi connectivity index (χ3n) is 7.12. The summed E-state index contributed by atoms with van der Waals surface area (Å²) < 4.78 is 26.2. The molecule has 1 amide bonds. The van der Waals surface area contributed by atoms with Crippen LogP contribution in [0.2, 0.25) is 0 Å². The SMILES string of the molecule is CC1(C)C2CC[C@]1(Cn1cc(NS(=O)[O-])c(C(=O)N3CCCC3)n1)C(=O)C2. The molecule has 0 spiro atoms. The van der Waals surface area contributed by atoms with E-state index >= 15 is 0 Å². The van der Waals surface area contributed by atoms with Gasteiger partial charge >= 0.3 is 0 Å². The summed E-state index contributed by atoms with van der Waals surface area (Å²) in [4.78, 5) is 27.2. The molecule has 3 aliphatic rings. The number of hydrogen-bond acceptors (Lipinski definition) is 5. The van der Waals surface area contributed by atoms with E-state index in [1.54, 1.807) is 15.8 Å². The Labute approximate surface area is 161 Å². The number of amides is 1. The molecule has 2 unspecified atom stereocenters. The van der Waals surface area contributed by atoms with Gasteiger partial charge in [-0.1, -0.05) is 13.8 Å². The van der Waals surface area contributed by atoms with Gasteiger partial charge in [0.2, 0.25) is 0 Å². The molecule has 1 aromatic rings. The van der Waals surface area contributed by atoms with Crippen LogP contribution in [0.4, 0.5) is 5.69 Å². The van der Waals surface area contributed by atoms with Gasteiger partial charge in [-0.2, -0.15) is 5.10 Å². The second kappa shape index (κ2) is 6.41. The summed E-state index contributed by atoms with van der Waals surface area (Å²) in [7, 11) is 0. The minimum atomic E-state index is -2.55. The van der Waals surface area contributed by atoms with Crippen LogP contribution in [0.5, 0.6) is 0 Å². The quantitative estimate of drug-likeness (QED) is 0.767. The first kappa shape index (κ1) is 18.6. The molecule has 0 radical (unpaired) electrons. The first-order valence-corrected chi connectivity index (χ1v) is 10.6. The van der Waals surface area contributed by atoms with Gasteiger partial charge in [-0.3, -0.25) is 18.5 Å². The fourth-order valence-electron chi connectivity index (χ4n) is 5.31. The van der Waals surface area contributed by atoms with E-state index in [1.165, 1.54) is 0 Å². The van der Waals surface area contributed by atoms with Crippen LogP contribution in [0.25, 0.3) is 0 Å². The lowest BCUT2D eigenvalue weighted by Crippen LogP contribution is -2.40. The third-order valence-corrected chi connectivity index (χ3v) is 7.51. The zero-order chi connectivity index (χ0) is 19.4. The molecule has 3 fully saturated rings. The number of anilines is 1. The molecule has 1 aliphatic heterocycles. The van der Waals surface area contributed by atoms with Crippen molar-refractivity contribution in [2.24, 2.45) is 16.7 Å².